The molecule has 0 amide bonds. The number of methoxy groups -OCH3 is 1. The molecular weight excluding hydrogens is 308 g/mol. The summed E-state index contributed by atoms with van der Waals surface area (Å²) in [7, 11) is 1.62. The number of fused-ring (bicyclic) bond motifs is 1. The van der Waals surface area contributed by atoms with Crippen LogP contribution in [0.25, 0.3) is 0 Å². The molecule has 0 radical (unpaired) electrons. The van der Waals surface area contributed by atoms with Crippen LogP contribution in [0.4, 0.5) is 11.5 Å². The van der Waals surface area contributed by atoms with Crippen LogP contribution >= 0.6 is 0 Å². The van der Waals surface area contributed by atoms with Crippen LogP contribution in [0, 0.1) is 0 Å². The highest BCUT2D eigenvalue weighted by Crippen LogP contribution is 2.35. The summed E-state index contributed by atoms with van der Waals surface area (Å²) in [4.78, 5) is 8.49. The normalized spacial score (nSPS) is 23.8. The lowest BCUT2D eigenvalue weighted by molar-refractivity contribution is -0.00919. The first-order valence-corrected chi connectivity index (χ1v) is 8.18. The van der Waals surface area contributed by atoms with Gasteiger partial charge in [0, 0.05) is 31.8 Å². The Kier molecular flexibility index (Phi) is 4.21. The molecule has 0 aromatic carbocycles. The van der Waals surface area contributed by atoms with E-state index in [1.165, 1.54) is 0 Å². The SMILES string of the molecule is COc1cc(N)ncc1N1CCN2C(OC(C)(C)C)=CC(O)C2C1. The molecule has 1 aromatic rings. The average molecular weight is 334 g/mol. The molecule has 2 atom stereocenters. The van der Waals surface area contributed by atoms with E-state index in [0.29, 0.717) is 18.1 Å². The molecule has 1 saturated heterocycles. The second kappa shape index (κ2) is 6.05. The first kappa shape index (κ1) is 16.7. The Balaban J connectivity index is 1.77. The van der Waals surface area contributed by atoms with Crippen molar-refractivity contribution in [2.24, 2.45) is 0 Å². The molecule has 2 aliphatic heterocycles. The van der Waals surface area contributed by atoms with Gasteiger partial charge in [-0.2, -0.15) is 0 Å². The third-order valence-corrected chi connectivity index (χ3v) is 4.25. The van der Waals surface area contributed by atoms with E-state index in [9.17, 15) is 5.11 Å². The first-order chi connectivity index (χ1) is 11.3. The Morgan fingerprint density at radius 3 is 2.75 bits per heavy atom. The van der Waals surface area contributed by atoms with E-state index in [1.54, 1.807) is 25.4 Å². The predicted octanol–water partition coefficient (Wildman–Crippen LogP) is 1.19. The van der Waals surface area contributed by atoms with Gasteiger partial charge in [-0.3, -0.25) is 0 Å². The molecule has 7 heteroatoms. The van der Waals surface area contributed by atoms with Crippen molar-refractivity contribution in [2.75, 3.05) is 37.4 Å². The van der Waals surface area contributed by atoms with Crippen LogP contribution in [0.5, 0.6) is 5.75 Å². The fourth-order valence-corrected chi connectivity index (χ4v) is 3.20. The molecule has 7 nitrogen and oxygen atoms in total. The first-order valence-electron chi connectivity index (χ1n) is 8.18. The zero-order chi connectivity index (χ0) is 17.5. The van der Waals surface area contributed by atoms with E-state index >= 15 is 0 Å². The second-order valence-electron chi connectivity index (χ2n) is 7.20. The Labute approximate surface area is 142 Å². The van der Waals surface area contributed by atoms with Gasteiger partial charge < -0.3 is 30.1 Å². The van der Waals surface area contributed by atoms with Crippen LogP contribution in [0.1, 0.15) is 20.8 Å². The minimum absolute atomic E-state index is 0.0432. The highest BCUT2D eigenvalue weighted by molar-refractivity contribution is 5.61. The van der Waals surface area contributed by atoms with Crippen molar-refractivity contribution >= 4 is 11.5 Å². The molecule has 3 rings (SSSR count). The number of aromatic nitrogens is 1. The topological polar surface area (TPSA) is 84.1 Å². The molecular formula is C17H26N4O3. The van der Waals surface area contributed by atoms with Gasteiger partial charge in [0.1, 0.15) is 17.2 Å². The van der Waals surface area contributed by atoms with E-state index in [2.05, 4.69) is 14.8 Å². The van der Waals surface area contributed by atoms with E-state index in [0.717, 1.165) is 24.7 Å². The molecule has 0 spiro atoms. The number of ether oxygens (including phenoxy) is 2. The summed E-state index contributed by atoms with van der Waals surface area (Å²) in [5, 5.41) is 10.4. The van der Waals surface area contributed by atoms with E-state index in [1.807, 2.05) is 20.8 Å². The average Bonchev–Trinajstić information content (AvgIpc) is 2.81. The number of nitrogen functional groups attached to an aromatic ring is 1. The standard InChI is InChI=1S/C17H26N4O3/c1-17(2,3)24-16-7-13(22)12-10-20(5-6-21(12)16)11-9-19-15(18)8-14(11)23-4/h7-9,12-13,22H,5-6,10H2,1-4H3,(H2,18,19). The fraction of sp³-hybridized carbons (Fsp3) is 0.588. The van der Waals surface area contributed by atoms with Crippen molar-refractivity contribution in [1.82, 2.24) is 9.88 Å². The van der Waals surface area contributed by atoms with E-state index < -0.39 is 6.10 Å². The van der Waals surface area contributed by atoms with Crippen molar-refractivity contribution in [1.29, 1.82) is 0 Å². The Hall–Kier alpha value is -2.15. The van der Waals surface area contributed by atoms with Crippen LogP contribution in [0.15, 0.2) is 24.2 Å². The molecule has 0 aliphatic carbocycles. The van der Waals surface area contributed by atoms with E-state index in [4.69, 9.17) is 15.2 Å². The summed E-state index contributed by atoms with van der Waals surface area (Å²) in [5.41, 5.74) is 6.34. The minimum atomic E-state index is -0.558. The van der Waals surface area contributed by atoms with Gasteiger partial charge in [0.15, 0.2) is 5.88 Å². The van der Waals surface area contributed by atoms with Crippen LogP contribution in [0.2, 0.25) is 0 Å². The Bertz CT molecular complexity index is 641. The molecule has 132 valence electrons. The molecule has 1 aromatic heterocycles. The summed E-state index contributed by atoms with van der Waals surface area (Å²) in [6.07, 6.45) is 2.97. The minimum Gasteiger partial charge on any atom is -0.494 e. The zero-order valence-electron chi connectivity index (χ0n) is 14.7. The smallest absolute Gasteiger partial charge is 0.188 e. The molecule has 0 bridgehead atoms. The van der Waals surface area contributed by atoms with Gasteiger partial charge in [0.2, 0.25) is 0 Å². The third kappa shape index (κ3) is 3.21. The molecule has 1 fully saturated rings. The third-order valence-electron chi connectivity index (χ3n) is 4.25. The number of nitrogens with two attached hydrogens (primary N) is 1. The molecule has 0 saturated carbocycles. The highest BCUT2D eigenvalue weighted by Gasteiger charge is 2.40. The number of anilines is 2. The van der Waals surface area contributed by atoms with Gasteiger partial charge in [-0.1, -0.05) is 0 Å². The van der Waals surface area contributed by atoms with Gasteiger partial charge in [-0.25, -0.2) is 4.98 Å². The Morgan fingerprint density at radius 2 is 2.08 bits per heavy atom. The Morgan fingerprint density at radius 1 is 1.33 bits per heavy atom. The van der Waals surface area contributed by atoms with Crippen molar-refractivity contribution in [3.63, 3.8) is 0 Å². The molecule has 3 heterocycles. The summed E-state index contributed by atoms with van der Waals surface area (Å²) < 4.78 is 11.4. The number of nitrogens with zero attached hydrogens (tertiary/aromatic N) is 3. The maximum atomic E-state index is 10.4. The number of pyridine rings is 1. The molecule has 2 unspecified atom stereocenters. The van der Waals surface area contributed by atoms with Gasteiger partial charge >= 0.3 is 0 Å². The van der Waals surface area contributed by atoms with Crippen molar-refractivity contribution < 1.29 is 14.6 Å². The number of aliphatic hydroxyl groups excluding tert-OH is 1. The lowest BCUT2D eigenvalue weighted by Gasteiger charge is -2.42. The van der Waals surface area contributed by atoms with Gasteiger partial charge in [0.05, 0.1) is 31.1 Å². The van der Waals surface area contributed by atoms with Gasteiger partial charge in [-0.15, -0.1) is 0 Å². The van der Waals surface area contributed by atoms with Crippen LogP contribution in [-0.4, -0.2) is 59.5 Å². The van der Waals surface area contributed by atoms with E-state index in [-0.39, 0.29) is 11.6 Å². The van der Waals surface area contributed by atoms with Crippen molar-refractivity contribution in [3.8, 4) is 5.75 Å². The monoisotopic (exact) mass is 334 g/mol. The largest absolute Gasteiger partial charge is 0.494 e. The second-order valence-corrected chi connectivity index (χ2v) is 7.20. The number of aliphatic hydroxyl groups is 1. The van der Waals surface area contributed by atoms with Gasteiger partial charge in [0.25, 0.3) is 0 Å². The summed E-state index contributed by atoms with van der Waals surface area (Å²) in [5.74, 6) is 1.89. The van der Waals surface area contributed by atoms with Gasteiger partial charge in [-0.05, 0) is 20.8 Å². The maximum absolute atomic E-state index is 10.4. The van der Waals surface area contributed by atoms with Crippen LogP contribution < -0.4 is 15.4 Å². The van der Waals surface area contributed by atoms with Crippen molar-refractivity contribution in [3.05, 3.63) is 24.2 Å². The quantitative estimate of drug-likeness (QED) is 0.859. The lowest BCUT2D eigenvalue weighted by Crippen LogP contribution is -2.54. The molecule has 2 aliphatic rings. The number of hydrogen-bond donors (Lipinski definition) is 2. The van der Waals surface area contributed by atoms with Crippen LogP contribution in [-0.2, 0) is 4.74 Å². The summed E-state index contributed by atoms with van der Waals surface area (Å²) >= 11 is 0. The van der Waals surface area contributed by atoms with Crippen molar-refractivity contribution in [2.45, 2.75) is 38.5 Å². The number of piperazine rings is 1. The van der Waals surface area contributed by atoms with Crippen LogP contribution in [0.3, 0.4) is 0 Å². The fourth-order valence-electron chi connectivity index (χ4n) is 3.20. The zero-order valence-corrected chi connectivity index (χ0v) is 14.7. The summed E-state index contributed by atoms with van der Waals surface area (Å²) in [6.45, 7) is 8.24. The molecule has 3 N–H and O–H groups in total. The highest BCUT2D eigenvalue weighted by atomic mass is 16.5. The predicted molar refractivity (Wildman–Crippen MR) is 92.8 cm³/mol. The number of rotatable bonds is 3. The number of hydrogen-bond acceptors (Lipinski definition) is 7. The molecule has 24 heavy (non-hydrogen) atoms. The lowest BCUT2D eigenvalue weighted by atomic mass is 10.1. The summed E-state index contributed by atoms with van der Waals surface area (Å²) in [6, 6.07) is 1.68. The maximum Gasteiger partial charge on any atom is 0.188 e.